The predicted molar refractivity (Wildman–Crippen MR) is 56.9 cm³/mol. The summed E-state index contributed by atoms with van der Waals surface area (Å²) in [5.74, 6) is -0.569. The fourth-order valence-corrected chi connectivity index (χ4v) is 2.58. The summed E-state index contributed by atoms with van der Waals surface area (Å²) in [6.07, 6.45) is 2.35. The quantitative estimate of drug-likeness (QED) is 0.636. The Hall–Kier alpha value is -0.750. The molecule has 1 aliphatic rings. The van der Waals surface area contributed by atoms with E-state index in [0.29, 0.717) is 17.4 Å². The van der Waals surface area contributed by atoms with Crippen LogP contribution in [-0.2, 0) is 14.3 Å². The highest BCUT2D eigenvalue weighted by molar-refractivity contribution is 7.99. The van der Waals surface area contributed by atoms with Crippen LogP contribution in [0.2, 0.25) is 0 Å². The average molecular weight is 233 g/mol. The van der Waals surface area contributed by atoms with Crippen molar-refractivity contribution in [1.29, 1.82) is 0 Å². The van der Waals surface area contributed by atoms with Crippen LogP contribution in [0.4, 0.5) is 0 Å². The molecule has 1 amide bonds. The summed E-state index contributed by atoms with van der Waals surface area (Å²) >= 11 is 1.59. The van der Waals surface area contributed by atoms with E-state index < -0.39 is 12.0 Å². The minimum Gasteiger partial charge on any atom is -0.480 e. The molecule has 1 saturated heterocycles. The molecule has 2 N–H and O–H groups in total. The van der Waals surface area contributed by atoms with E-state index in [0.717, 1.165) is 26.1 Å². The van der Waals surface area contributed by atoms with Gasteiger partial charge in [0.1, 0.15) is 6.04 Å². The third kappa shape index (κ3) is 4.53. The molecule has 86 valence electrons. The van der Waals surface area contributed by atoms with E-state index in [2.05, 4.69) is 5.32 Å². The SMILES string of the molecule is O=CNC(CSC1CCOCC1)C(=O)O. The standard InChI is InChI=1S/C9H15NO4S/c11-6-10-8(9(12)13)5-15-7-1-3-14-4-2-7/h6-8H,1-5H2,(H,10,11)(H,12,13). The number of nitrogens with one attached hydrogen (secondary N) is 1. The van der Waals surface area contributed by atoms with Crippen LogP contribution in [0.3, 0.4) is 0 Å². The first-order valence-electron chi connectivity index (χ1n) is 4.86. The van der Waals surface area contributed by atoms with Gasteiger partial charge in [0.2, 0.25) is 6.41 Å². The number of carboxylic acid groups (broad SMARTS) is 1. The zero-order chi connectivity index (χ0) is 11.1. The molecule has 0 saturated carbocycles. The van der Waals surface area contributed by atoms with Crippen LogP contribution in [0.1, 0.15) is 12.8 Å². The molecule has 0 spiro atoms. The maximum atomic E-state index is 10.7. The van der Waals surface area contributed by atoms with Gasteiger partial charge in [0.05, 0.1) is 0 Å². The summed E-state index contributed by atoms with van der Waals surface area (Å²) in [6, 6.07) is -0.782. The summed E-state index contributed by atoms with van der Waals surface area (Å²) < 4.78 is 5.20. The van der Waals surface area contributed by atoms with Gasteiger partial charge in [0.25, 0.3) is 0 Å². The van der Waals surface area contributed by atoms with Gasteiger partial charge in [-0.15, -0.1) is 0 Å². The lowest BCUT2D eigenvalue weighted by Crippen LogP contribution is -2.38. The minimum absolute atomic E-state index is 0.415. The van der Waals surface area contributed by atoms with Crippen molar-refractivity contribution in [3.63, 3.8) is 0 Å². The molecule has 6 heteroatoms. The average Bonchev–Trinajstić information content (AvgIpc) is 2.25. The Morgan fingerprint density at radius 1 is 1.60 bits per heavy atom. The van der Waals surface area contributed by atoms with Gasteiger partial charge in [-0.3, -0.25) is 4.79 Å². The Bertz CT molecular complexity index is 218. The molecule has 0 bridgehead atoms. The summed E-state index contributed by atoms with van der Waals surface area (Å²) in [4.78, 5) is 20.9. The van der Waals surface area contributed by atoms with Crippen molar-refractivity contribution in [2.24, 2.45) is 0 Å². The highest BCUT2D eigenvalue weighted by Crippen LogP contribution is 2.22. The maximum Gasteiger partial charge on any atom is 0.327 e. The van der Waals surface area contributed by atoms with Gasteiger partial charge in [-0.25, -0.2) is 4.79 Å². The summed E-state index contributed by atoms with van der Waals surface area (Å²) in [5.41, 5.74) is 0. The number of hydrogen-bond acceptors (Lipinski definition) is 4. The van der Waals surface area contributed by atoms with Crippen molar-refractivity contribution >= 4 is 24.1 Å². The number of carbonyl (C=O) groups excluding carboxylic acids is 1. The molecule has 1 fully saturated rings. The van der Waals surface area contributed by atoms with Gasteiger partial charge >= 0.3 is 5.97 Å². The smallest absolute Gasteiger partial charge is 0.327 e. The van der Waals surface area contributed by atoms with Gasteiger partial charge in [-0.05, 0) is 12.8 Å². The van der Waals surface area contributed by atoms with E-state index in [1.807, 2.05) is 0 Å². The molecule has 0 radical (unpaired) electrons. The van der Waals surface area contributed by atoms with Crippen molar-refractivity contribution in [3.05, 3.63) is 0 Å². The normalized spacial score (nSPS) is 19.5. The highest BCUT2D eigenvalue weighted by atomic mass is 32.2. The largest absolute Gasteiger partial charge is 0.480 e. The van der Waals surface area contributed by atoms with Crippen molar-refractivity contribution in [1.82, 2.24) is 5.32 Å². The van der Waals surface area contributed by atoms with Gasteiger partial charge < -0.3 is 15.2 Å². The van der Waals surface area contributed by atoms with E-state index in [-0.39, 0.29) is 0 Å². The maximum absolute atomic E-state index is 10.7. The zero-order valence-electron chi connectivity index (χ0n) is 8.35. The molecule has 0 aromatic carbocycles. The highest BCUT2D eigenvalue weighted by Gasteiger charge is 2.20. The minimum atomic E-state index is -0.985. The van der Waals surface area contributed by atoms with Gasteiger partial charge in [0.15, 0.2) is 0 Å². The number of rotatable bonds is 6. The molecule has 0 aromatic rings. The van der Waals surface area contributed by atoms with Crippen molar-refractivity contribution in [3.8, 4) is 0 Å². The lowest BCUT2D eigenvalue weighted by atomic mass is 10.2. The second-order valence-corrected chi connectivity index (χ2v) is 4.65. The Morgan fingerprint density at radius 2 is 2.27 bits per heavy atom. The van der Waals surface area contributed by atoms with Crippen LogP contribution in [0, 0.1) is 0 Å². The van der Waals surface area contributed by atoms with Gasteiger partial charge in [-0.2, -0.15) is 11.8 Å². The van der Waals surface area contributed by atoms with Crippen molar-refractivity contribution in [2.75, 3.05) is 19.0 Å². The molecule has 1 unspecified atom stereocenters. The van der Waals surface area contributed by atoms with Crippen molar-refractivity contribution < 1.29 is 19.4 Å². The molecular formula is C9H15NO4S. The first kappa shape index (κ1) is 12.3. The zero-order valence-corrected chi connectivity index (χ0v) is 9.16. The third-order valence-electron chi connectivity index (χ3n) is 2.23. The van der Waals surface area contributed by atoms with Crippen LogP contribution in [0.25, 0.3) is 0 Å². The summed E-state index contributed by atoms with van der Waals surface area (Å²) in [5, 5.41) is 11.5. The number of hydrogen-bond donors (Lipinski definition) is 2. The first-order chi connectivity index (χ1) is 7.24. The second-order valence-electron chi connectivity index (χ2n) is 3.32. The molecule has 1 heterocycles. The second kappa shape index (κ2) is 6.68. The van der Waals surface area contributed by atoms with Crippen LogP contribution in [-0.4, -0.2) is 47.7 Å². The third-order valence-corrected chi connectivity index (χ3v) is 3.70. The lowest BCUT2D eigenvalue weighted by Gasteiger charge is -2.22. The van der Waals surface area contributed by atoms with E-state index in [9.17, 15) is 9.59 Å². The number of carboxylic acids is 1. The Labute approximate surface area is 92.6 Å². The number of carbonyl (C=O) groups is 2. The number of amides is 1. The Morgan fingerprint density at radius 3 is 2.80 bits per heavy atom. The number of ether oxygens (including phenoxy) is 1. The van der Waals surface area contributed by atoms with E-state index in [1.54, 1.807) is 11.8 Å². The van der Waals surface area contributed by atoms with Crippen LogP contribution < -0.4 is 5.32 Å². The van der Waals surface area contributed by atoms with Crippen molar-refractivity contribution in [2.45, 2.75) is 24.1 Å². The van der Waals surface area contributed by atoms with E-state index in [4.69, 9.17) is 9.84 Å². The topological polar surface area (TPSA) is 75.6 Å². The van der Waals surface area contributed by atoms with E-state index in [1.165, 1.54) is 0 Å². The monoisotopic (exact) mass is 233 g/mol. The molecule has 15 heavy (non-hydrogen) atoms. The molecule has 1 atom stereocenters. The molecule has 0 aromatic heterocycles. The van der Waals surface area contributed by atoms with Gasteiger partial charge in [0, 0.05) is 24.2 Å². The fourth-order valence-electron chi connectivity index (χ4n) is 1.35. The molecule has 5 nitrogen and oxygen atoms in total. The summed E-state index contributed by atoms with van der Waals surface area (Å²) in [6.45, 7) is 1.49. The van der Waals surface area contributed by atoms with E-state index >= 15 is 0 Å². The first-order valence-corrected chi connectivity index (χ1v) is 5.90. The summed E-state index contributed by atoms with van der Waals surface area (Å²) in [7, 11) is 0. The van der Waals surface area contributed by atoms with Crippen LogP contribution in [0.15, 0.2) is 0 Å². The molecule has 0 aliphatic carbocycles. The lowest BCUT2D eigenvalue weighted by molar-refractivity contribution is -0.139. The van der Waals surface area contributed by atoms with Gasteiger partial charge in [-0.1, -0.05) is 0 Å². The predicted octanol–water partition coefficient (Wildman–Crippen LogP) is 0.0978. The molecule has 1 rings (SSSR count). The Kier molecular flexibility index (Phi) is 5.49. The molecular weight excluding hydrogens is 218 g/mol. The number of aliphatic carboxylic acids is 1. The Balaban J connectivity index is 2.25. The fraction of sp³-hybridized carbons (Fsp3) is 0.778. The van der Waals surface area contributed by atoms with Crippen LogP contribution >= 0.6 is 11.8 Å². The number of thioether (sulfide) groups is 1. The molecule has 1 aliphatic heterocycles. The van der Waals surface area contributed by atoms with Crippen LogP contribution in [0.5, 0.6) is 0 Å².